The third-order valence-corrected chi connectivity index (χ3v) is 4.00. The molecule has 8 heteroatoms. The van der Waals surface area contributed by atoms with E-state index in [2.05, 4.69) is 10.6 Å². The molecule has 1 heterocycles. The lowest BCUT2D eigenvalue weighted by molar-refractivity contribution is -0.151. The van der Waals surface area contributed by atoms with Crippen molar-refractivity contribution in [1.29, 1.82) is 0 Å². The highest BCUT2D eigenvalue weighted by atomic mass is 16.4. The van der Waals surface area contributed by atoms with Gasteiger partial charge in [0.2, 0.25) is 5.91 Å². The minimum Gasteiger partial charge on any atom is -0.480 e. The number of carbonyl (C=O) groups is 4. The summed E-state index contributed by atoms with van der Waals surface area (Å²) in [5.74, 6) is -1.91. The number of hydrogen-bond donors (Lipinski definition) is 3. The molecule has 0 unspecified atom stereocenters. The minimum atomic E-state index is -1.17. The molecule has 2 rings (SSSR count). The Kier molecular flexibility index (Phi) is 3.65. The van der Waals surface area contributed by atoms with Gasteiger partial charge in [-0.15, -0.1) is 0 Å². The Labute approximate surface area is 121 Å². The highest BCUT2D eigenvalue weighted by Gasteiger charge is 2.46. The number of hydrogen-bond acceptors (Lipinski definition) is 4. The highest BCUT2D eigenvalue weighted by Crippen LogP contribution is 2.32. The van der Waals surface area contributed by atoms with E-state index in [4.69, 9.17) is 5.11 Å². The van der Waals surface area contributed by atoms with Crippen molar-refractivity contribution in [3.63, 3.8) is 0 Å². The van der Waals surface area contributed by atoms with Crippen LogP contribution in [0.5, 0.6) is 0 Å². The van der Waals surface area contributed by atoms with Gasteiger partial charge in [0.25, 0.3) is 5.91 Å². The van der Waals surface area contributed by atoms with E-state index in [1.54, 1.807) is 13.8 Å². The second kappa shape index (κ2) is 5.01. The summed E-state index contributed by atoms with van der Waals surface area (Å²) in [6, 6.07) is -0.533. The van der Waals surface area contributed by atoms with E-state index in [0.29, 0.717) is 12.8 Å². The molecule has 1 saturated carbocycles. The van der Waals surface area contributed by atoms with Gasteiger partial charge in [-0.05, 0) is 33.1 Å². The predicted molar refractivity (Wildman–Crippen MR) is 71.3 cm³/mol. The standard InChI is InChI=1S/C13H19N3O5/c1-12(2)9(18)16(11(21)15-12)7-4-8(17)14-13(10(19)20)5-3-6-13/h3-7H2,1-2H3,(H,14,17)(H,15,21)(H,19,20). The predicted octanol–water partition coefficient (Wildman–Crippen LogP) is -0.170. The van der Waals surface area contributed by atoms with Crippen LogP contribution in [-0.4, -0.2) is 51.4 Å². The van der Waals surface area contributed by atoms with Gasteiger partial charge in [-0.25, -0.2) is 9.59 Å². The smallest absolute Gasteiger partial charge is 0.329 e. The van der Waals surface area contributed by atoms with Crippen LogP contribution in [0.25, 0.3) is 0 Å². The number of imide groups is 1. The molecule has 3 N–H and O–H groups in total. The van der Waals surface area contributed by atoms with E-state index < -0.39 is 34.9 Å². The summed E-state index contributed by atoms with van der Waals surface area (Å²) in [4.78, 5) is 47.5. The minimum absolute atomic E-state index is 0.0599. The molecule has 0 bridgehead atoms. The van der Waals surface area contributed by atoms with Crippen molar-refractivity contribution in [2.45, 2.75) is 50.6 Å². The molecule has 21 heavy (non-hydrogen) atoms. The lowest BCUT2D eigenvalue weighted by atomic mass is 9.76. The Balaban J connectivity index is 1.89. The second-order valence-corrected chi connectivity index (χ2v) is 6.05. The van der Waals surface area contributed by atoms with Gasteiger partial charge in [-0.1, -0.05) is 0 Å². The summed E-state index contributed by atoms with van der Waals surface area (Å²) in [5, 5.41) is 14.1. The Hall–Kier alpha value is -2.12. The van der Waals surface area contributed by atoms with Gasteiger partial charge in [0, 0.05) is 13.0 Å². The number of nitrogens with zero attached hydrogens (tertiary/aromatic N) is 1. The Bertz CT molecular complexity index is 510. The van der Waals surface area contributed by atoms with Gasteiger partial charge in [-0.2, -0.15) is 0 Å². The van der Waals surface area contributed by atoms with Crippen LogP contribution in [0.15, 0.2) is 0 Å². The fraction of sp³-hybridized carbons (Fsp3) is 0.692. The number of carbonyl (C=O) groups excluding carboxylic acids is 3. The third-order valence-electron chi connectivity index (χ3n) is 4.00. The van der Waals surface area contributed by atoms with Crippen LogP contribution in [-0.2, 0) is 14.4 Å². The first-order valence-electron chi connectivity index (χ1n) is 6.86. The zero-order valence-corrected chi connectivity index (χ0v) is 12.1. The molecular weight excluding hydrogens is 278 g/mol. The zero-order chi connectivity index (χ0) is 15.8. The lowest BCUT2D eigenvalue weighted by Gasteiger charge is -2.38. The summed E-state index contributed by atoms with van der Waals surface area (Å²) in [7, 11) is 0. The van der Waals surface area contributed by atoms with Gasteiger partial charge in [-0.3, -0.25) is 14.5 Å². The maximum Gasteiger partial charge on any atom is 0.329 e. The van der Waals surface area contributed by atoms with Crippen LogP contribution in [0.2, 0.25) is 0 Å². The molecular formula is C13H19N3O5. The number of urea groups is 1. The van der Waals surface area contributed by atoms with Gasteiger partial charge in [0.15, 0.2) is 0 Å². The van der Waals surface area contributed by atoms with Crippen LogP contribution < -0.4 is 10.6 Å². The molecule has 2 aliphatic rings. The quantitative estimate of drug-likeness (QED) is 0.609. The van der Waals surface area contributed by atoms with Crippen LogP contribution in [0.3, 0.4) is 0 Å². The molecule has 0 atom stereocenters. The first kappa shape index (κ1) is 15.3. The highest BCUT2D eigenvalue weighted by molar-refractivity contribution is 6.06. The van der Waals surface area contributed by atoms with Crippen molar-refractivity contribution in [2.24, 2.45) is 0 Å². The van der Waals surface area contributed by atoms with Crippen molar-refractivity contribution < 1.29 is 24.3 Å². The molecule has 2 fully saturated rings. The number of aliphatic carboxylic acids is 1. The lowest BCUT2D eigenvalue weighted by Crippen LogP contribution is -2.59. The SMILES string of the molecule is CC1(C)NC(=O)N(CCC(=O)NC2(C(=O)O)CCC2)C1=O. The molecule has 0 radical (unpaired) electrons. The summed E-state index contributed by atoms with van der Waals surface area (Å²) in [6.07, 6.45) is 1.46. The van der Waals surface area contributed by atoms with Gasteiger partial charge in [0.1, 0.15) is 11.1 Å². The average molecular weight is 297 g/mol. The number of amides is 4. The largest absolute Gasteiger partial charge is 0.480 e. The van der Waals surface area contributed by atoms with Crippen molar-refractivity contribution >= 4 is 23.8 Å². The monoisotopic (exact) mass is 297 g/mol. The van der Waals surface area contributed by atoms with E-state index in [9.17, 15) is 19.2 Å². The van der Waals surface area contributed by atoms with E-state index >= 15 is 0 Å². The topological polar surface area (TPSA) is 116 Å². The van der Waals surface area contributed by atoms with E-state index in [1.807, 2.05) is 0 Å². The van der Waals surface area contributed by atoms with Crippen LogP contribution in [0.4, 0.5) is 4.79 Å². The molecule has 4 amide bonds. The van der Waals surface area contributed by atoms with Crippen molar-refractivity contribution in [3.8, 4) is 0 Å². The van der Waals surface area contributed by atoms with Crippen molar-refractivity contribution in [1.82, 2.24) is 15.5 Å². The van der Waals surface area contributed by atoms with Crippen molar-refractivity contribution in [2.75, 3.05) is 6.54 Å². The fourth-order valence-electron chi connectivity index (χ4n) is 2.49. The Morgan fingerprint density at radius 3 is 2.33 bits per heavy atom. The fourth-order valence-corrected chi connectivity index (χ4v) is 2.49. The number of nitrogens with one attached hydrogen (secondary N) is 2. The van der Waals surface area contributed by atoms with Crippen LogP contribution >= 0.6 is 0 Å². The van der Waals surface area contributed by atoms with Crippen molar-refractivity contribution in [3.05, 3.63) is 0 Å². The number of carboxylic acids is 1. The van der Waals surface area contributed by atoms with E-state index in [-0.39, 0.29) is 13.0 Å². The zero-order valence-electron chi connectivity index (χ0n) is 12.1. The first-order valence-corrected chi connectivity index (χ1v) is 6.86. The van der Waals surface area contributed by atoms with Gasteiger partial charge < -0.3 is 15.7 Å². The molecule has 1 aliphatic heterocycles. The molecule has 1 saturated heterocycles. The molecule has 1 aliphatic carbocycles. The van der Waals surface area contributed by atoms with Gasteiger partial charge in [0.05, 0.1) is 0 Å². The number of carboxylic acid groups (broad SMARTS) is 1. The maximum absolute atomic E-state index is 11.9. The first-order chi connectivity index (χ1) is 9.68. The van der Waals surface area contributed by atoms with Crippen LogP contribution in [0, 0.1) is 0 Å². The summed E-state index contributed by atoms with van der Waals surface area (Å²) in [6.45, 7) is 3.11. The third kappa shape index (κ3) is 2.70. The Morgan fingerprint density at radius 2 is 1.95 bits per heavy atom. The van der Waals surface area contributed by atoms with E-state index in [0.717, 1.165) is 11.3 Å². The molecule has 0 aromatic heterocycles. The molecule has 0 aromatic carbocycles. The molecule has 116 valence electrons. The summed E-state index contributed by atoms with van der Waals surface area (Å²) in [5.41, 5.74) is -2.14. The Morgan fingerprint density at radius 1 is 1.33 bits per heavy atom. The number of rotatable bonds is 5. The van der Waals surface area contributed by atoms with E-state index in [1.165, 1.54) is 0 Å². The van der Waals surface area contributed by atoms with Gasteiger partial charge >= 0.3 is 12.0 Å². The average Bonchev–Trinajstić information content (AvgIpc) is 2.51. The second-order valence-electron chi connectivity index (χ2n) is 6.05. The normalized spacial score (nSPS) is 22.5. The molecule has 0 spiro atoms. The summed E-state index contributed by atoms with van der Waals surface area (Å²) < 4.78 is 0. The maximum atomic E-state index is 11.9. The van der Waals surface area contributed by atoms with Crippen LogP contribution in [0.1, 0.15) is 39.5 Å². The molecule has 8 nitrogen and oxygen atoms in total. The summed E-state index contributed by atoms with van der Waals surface area (Å²) >= 11 is 0. The molecule has 0 aromatic rings.